The number of hydrogen-bond donors (Lipinski definition) is 2. The van der Waals surface area contributed by atoms with Gasteiger partial charge < -0.3 is 10.2 Å². The van der Waals surface area contributed by atoms with Crippen LogP contribution in [0.15, 0.2) is 48.9 Å². The summed E-state index contributed by atoms with van der Waals surface area (Å²) in [5.74, 6) is 1.49. The highest BCUT2D eigenvalue weighted by Gasteiger charge is 2.21. The molecule has 0 radical (unpaired) electrons. The Bertz CT molecular complexity index is 1120. The lowest BCUT2D eigenvalue weighted by molar-refractivity contribution is 0.452. The third kappa shape index (κ3) is 3.66. The van der Waals surface area contributed by atoms with E-state index in [2.05, 4.69) is 53.8 Å². The van der Waals surface area contributed by atoms with E-state index in [-0.39, 0.29) is 0 Å². The summed E-state index contributed by atoms with van der Waals surface area (Å²) in [5.41, 5.74) is 4.20. The molecule has 3 aromatic heterocycles. The number of nitrogens with zero attached hydrogens (tertiary/aromatic N) is 6. The van der Waals surface area contributed by atoms with Gasteiger partial charge in [-0.3, -0.25) is 10.1 Å². The molecule has 1 atom stereocenters. The summed E-state index contributed by atoms with van der Waals surface area (Å²) in [6.45, 7) is 4.67. The fraction of sp³-hybridized carbons (Fsp3) is 0.286. The Morgan fingerprint density at radius 3 is 2.97 bits per heavy atom. The van der Waals surface area contributed by atoms with Gasteiger partial charge in [0.2, 0.25) is 0 Å². The quantitative estimate of drug-likeness (QED) is 0.555. The number of aryl methyl sites for hydroxylation is 1. The molecule has 146 valence electrons. The number of nitrogens with one attached hydrogen (secondary N) is 2. The average molecular weight is 386 g/mol. The SMILES string of the molecule is Cc1n[nH]c2ccc(-c3nncc(N4CCNC(Cc5ccncc5)C4)n3)cc12. The monoisotopic (exact) mass is 386 g/mol. The van der Waals surface area contributed by atoms with E-state index in [0.717, 1.165) is 54.0 Å². The van der Waals surface area contributed by atoms with Crippen LogP contribution < -0.4 is 10.2 Å². The Labute approximate surface area is 168 Å². The van der Waals surface area contributed by atoms with Gasteiger partial charge in [0.05, 0.1) is 17.4 Å². The van der Waals surface area contributed by atoms with Crippen molar-refractivity contribution in [2.45, 2.75) is 19.4 Å². The van der Waals surface area contributed by atoms with Crippen molar-refractivity contribution in [2.24, 2.45) is 0 Å². The van der Waals surface area contributed by atoms with E-state index in [0.29, 0.717) is 11.9 Å². The van der Waals surface area contributed by atoms with E-state index in [4.69, 9.17) is 4.98 Å². The number of aromatic nitrogens is 6. The van der Waals surface area contributed by atoms with Gasteiger partial charge in [0.1, 0.15) is 0 Å². The van der Waals surface area contributed by atoms with Gasteiger partial charge in [0.15, 0.2) is 11.6 Å². The highest BCUT2D eigenvalue weighted by Crippen LogP contribution is 2.24. The van der Waals surface area contributed by atoms with Gasteiger partial charge in [-0.15, -0.1) is 5.10 Å². The summed E-state index contributed by atoms with van der Waals surface area (Å²) in [4.78, 5) is 11.2. The molecule has 1 fully saturated rings. The van der Waals surface area contributed by atoms with Gasteiger partial charge >= 0.3 is 0 Å². The molecule has 0 spiro atoms. The highest BCUT2D eigenvalue weighted by molar-refractivity contribution is 5.85. The molecule has 2 N–H and O–H groups in total. The van der Waals surface area contributed by atoms with Crippen LogP contribution in [-0.4, -0.2) is 56.0 Å². The Hall–Kier alpha value is -3.39. The summed E-state index contributed by atoms with van der Waals surface area (Å²) in [5, 5.41) is 20.5. The Morgan fingerprint density at radius 1 is 1.17 bits per heavy atom. The molecular formula is C21H22N8. The Kier molecular flexibility index (Phi) is 4.61. The molecule has 4 heterocycles. The molecule has 0 aliphatic carbocycles. The van der Waals surface area contributed by atoms with Crippen molar-refractivity contribution in [3.05, 3.63) is 60.2 Å². The van der Waals surface area contributed by atoms with Crippen molar-refractivity contribution >= 4 is 16.7 Å². The van der Waals surface area contributed by atoms with Gasteiger partial charge in [-0.05, 0) is 49.2 Å². The number of anilines is 1. The lowest BCUT2D eigenvalue weighted by Crippen LogP contribution is -2.52. The lowest BCUT2D eigenvalue weighted by Gasteiger charge is -2.34. The second kappa shape index (κ2) is 7.56. The predicted octanol–water partition coefficient (Wildman–Crippen LogP) is 2.14. The largest absolute Gasteiger partial charge is 0.352 e. The second-order valence-corrected chi connectivity index (χ2v) is 7.36. The molecule has 1 aliphatic heterocycles. The number of aromatic amines is 1. The molecule has 0 saturated carbocycles. The minimum Gasteiger partial charge on any atom is -0.352 e. The van der Waals surface area contributed by atoms with Crippen LogP contribution in [-0.2, 0) is 6.42 Å². The van der Waals surface area contributed by atoms with Crippen LogP contribution in [0.25, 0.3) is 22.3 Å². The summed E-state index contributed by atoms with van der Waals surface area (Å²) in [6, 6.07) is 10.6. The molecule has 5 rings (SSSR count). The Balaban J connectivity index is 1.37. The van der Waals surface area contributed by atoms with E-state index in [1.54, 1.807) is 6.20 Å². The number of rotatable bonds is 4. The van der Waals surface area contributed by atoms with Crippen LogP contribution in [0.3, 0.4) is 0 Å². The maximum atomic E-state index is 4.81. The van der Waals surface area contributed by atoms with E-state index in [9.17, 15) is 0 Å². The molecule has 1 aromatic carbocycles. The maximum Gasteiger partial charge on any atom is 0.183 e. The number of piperazine rings is 1. The fourth-order valence-electron chi connectivity index (χ4n) is 3.83. The molecule has 0 bridgehead atoms. The van der Waals surface area contributed by atoms with Gasteiger partial charge in [0.25, 0.3) is 0 Å². The number of benzene rings is 1. The third-order valence-electron chi connectivity index (χ3n) is 5.37. The van der Waals surface area contributed by atoms with Crippen LogP contribution in [0.2, 0.25) is 0 Å². The van der Waals surface area contributed by atoms with Crippen molar-refractivity contribution in [1.82, 2.24) is 35.7 Å². The summed E-state index contributed by atoms with van der Waals surface area (Å²) in [7, 11) is 0. The van der Waals surface area contributed by atoms with Gasteiger partial charge in [-0.25, -0.2) is 4.98 Å². The van der Waals surface area contributed by atoms with Gasteiger partial charge in [-0.2, -0.15) is 10.2 Å². The van der Waals surface area contributed by atoms with Crippen molar-refractivity contribution in [2.75, 3.05) is 24.5 Å². The highest BCUT2D eigenvalue weighted by atomic mass is 15.3. The van der Waals surface area contributed by atoms with Crippen LogP contribution in [0, 0.1) is 6.92 Å². The first-order valence-electron chi connectivity index (χ1n) is 9.78. The molecular weight excluding hydrogens is 364 g/mol. The molecule has 1 unspecified atom stereocenters. The molecule has 8 heteroatoms. The first-order valence-corrected chi connectivity index (χ1v) is 9.78. The zero-order chi connectivity index (χ0) is 19.6. The zero-order valence-corrected chi connectivity index (χ0v) is 16.2. The molecule has 1 aliphatic rings. The van der Waals surface area contributed by atoms with E-state index < -0.39 is 0 Å². The molecule has 8 nitrogen and oxygen atoms in total. The van der Waals surface area contributed by atoms with Crippen molar-refractivity contribution in [3.8, 4) is 11.4 Å². The average Bonchev–Trinajstić information content (AvgIpc) is 3.15. The number of fused-ring (bicyclic) bond motifs is 1. The zero-order valence-electron chi connectivity index (χ0n) is 16.2. The first kappa shape index (κ1) is 17.7. The second-order valence-electron chi connectivity index (χ2n) is 7.36. The number of hydrogen-bond acceptors (Lipinski definition) is 7. The summed E-state index contributed by atoms with van der Waals surface area (Å²) >= 11 is 0. The topological polar surface area (TPSA) is 95.5 Å². The van der Waals surface area contributed by atoms with E-state index in [1.165, 1.54) is 5.56 Å². The van der Waals surface area contributed by atoms with Crippen molar-refractivity contribution in [3.63, 3.8) is 0 Å². The molecule has 29 heavy (non-hydrogen) atoms. The number of H-pyrrole nitrogens is 1. The fourth-order valence-corrected chi connectivity index (χ4v) is 3.83. The van der Waals surface area contributed by atoms with Crippen molar-refractivity contribution < 1.29 is 0 Å². The van der Waals surface area contributed by atoms with Crippen LogP contribution in [0.4, 0.5) is 5.82 Å². The molecule has 0 amide bonds. The maximum absolute atomic E-state index is 4.81. The van der Waals surface area contributed by atoms with Gasteiger partial charge in [0, 0.05) is 49.0 Å². The smallest absolute Gasteiger partial charge is 0.183 e. The third-order valence-corrected chi connectivity index (χ3v) is 5.37. The van der Waals surface area contributed by atoms with Crippen LogP contribution in [0.5, 0.6) is 0 Å². The summed E-state index contributed by atoms with van der Waals surface area (Å²) < 4.78 is 0. The standard InChI is InChI=1S/C21H22N8/c1-14-18-11-16(2-3-19(18)27-26-14)21-25-20(12-24-28-21)29-9-8-23-17(13-29)10-15-4-6-22-7-5-15/h2-7,11-12,17,23H,8-10,13H2,1H3,(H,26,27). The number of pyridine rings is 1. The van der Waals surface area contributed by atoms with Crippen LogP contribution >= 0.6 is 0 Å². The first-order chi connectivity index (χ1) is 14.3. The van der Waals surface area contributed by atoms with Crippen LogP contribution in [0.1, 0.15) is 11.3 Å². The molecule has 4 aromatic rings. The van der Waals surface area contributed by atoms with Crippen molar-refractivity contribution in [1.29, 1.82) is 0 Å². The Morgan fingerprint density at radius 2 is 2.07 bits per heavy atom. The van der Waals surface area contributed by atoms with E-state index in [1.807, 2.05) is 31.5 Å². The normalized spacial score (nSPS) is 17.0. The summed E-state index contributed by atoms with van der Waals surface area (Å²) in [6.07, 6.45) is 6.39. The van der Waals surface area contributed by atoms with Gasteiger partial charge in [-0.1, -0.05) is 0 Å². The lowest BCUT2D eigenvalue weighted by atomic mass is 10.1. The minimum absolute atomic E-state index is 0.356. The molecule has 1 saturated heterocycles. The minimum atomic E-state index is 0.356. The van der Waals surface area contributed by atoms with E-state index >= 15 is 0 Å². The predicted molar refractivity (Wildman–Crippen MR) is 112 cm³/mol.